The second kappa shape index (κ2) is 2.68. The molecule has 3 nitrogen and oxygen atoms in total. The van der Waals surface area contributed by atoms with Gasteiger partial charge in [-0.05, 0) is 11.7 Å². The summed E-state index contributed by atoms with van der Waals surface area (Å²) in [5.74, 6) is 0. The first-order chi connectivity index (χ1) is 4.34. The molecule has 0 aromatic carbocycles. The topological polar surface area (TPSA) is 38.0 Å². The number of aromatic nitrogens is 2. The Hall–Kier alpha value is -0.765. The van der Waals surface area contributed by atoms with Gasteiger partial charge in [-0.15, -0.1) is 0 Å². The minimum absolute atomic E-state index is 0.0753. The summed E-state index contributed by atoms with van der Waals surface area (Å²) in [6.07, 6.45) is 1.60. The Morgan fingerprint density at radius 1 is 1.78 bits per heavy atom. The Morgan fingerprint density at radius 3 is 3.00 bits per heavy atom. The molecule has 46 valence electrons. The molecule has 0 saturated carbocycles. The van der Waals surface area contributed by atoms with Gasteiger partial charge in [0.2, 0.25) is 0 Å². The van der Waals surface area contributed by atoms with Crippen molar-refractivity contribution in [1.82, 2.24) is 9.78 Å². The Balaban J connectivity index is 2.69. The van der Waals surface area contributed by atoms with Crippen LogP contribution in [0.1, 0.15) is 0 Å². The first kappa shape index (κ1) is 6.36. The molecule has 0 aliphatic rings. The van der Waals surface area contributed by atoms with Crippen LogP contribution in [0.2, 0.25) is 0 Å². The quantitative estimate of drug-likeness (QED) is 0.493. The number of hydrogen-bond acceptors (Lipinski definition) is 2. The van der Waals surface area contributed by atoms with Gasteiger partial charge in [-0.3, -0.25) is 4.68 Å². The van der Waals surface area contributed by atoms with Gasteiger partial charge in [0.15, 0.2) is 0 Å². The van der Waals surface area contributed by atoms with E-state index in [1.165, 1.54) is 0 Å². The highest BCUT2D eigenvalue weighted by atomic mass is 16.3. The Kier molecular flexibility index (Phi) is 1.90. The molecule has 1 N–H and O–H groups in total. The monoisotopic (exact) mass is 122 g/mol. The minimum atomic E-state index is 0.0753. The highest BCUT2D eigenvalue weighted by Gasteiger charge is 1.91. The van der Waals surface area contributed by atoms with Gasteiger partial charge < -0.3 is 5.11 Å². The maximum Gasteiger partial charge on any atom is 0.141 e. The summed E-state index contributed by atoms with van der Waals surface area (Å²) in [5, 5.41) is 12.3. The average Bonchev–Trinajstić information content (AvgIpc) is 2.18. The van der Waals surface area contributed by atoms with Crippen molar-refractivity contribution < 1.29 is 5.11 Å². The third-order valence-electron chi connectivity index (χ3n) is 1.06. The van der Waals surface area contributed by atoms with Gasteiger partial charge in [-0.1, -0.05) is 0 Å². The highest BCUT2D eigenvalue weighted by molar-refractivity contribution is 6.30. The van der Waals surface area contributed by atoms with E-state index in [0.717, 1.165) is 0 Å². The molecular weight excluding hydrogens is 115 g/mol. The normalized spacial score (nSPS) is 9.89. The predicted molar refractivity (Wildman–Crippen MR) is 34.7 cm³/mol. The van der Waals surface area contributed by atoms with Crippen LogP contribution in [-0.4, -0.2) is 29.3 Å². The summed E-state index contributed by atoms with van der Waals surface area (Å²) in [6.45, 7) is 0.546. The molecule has 1 aromatic heterocycles. The van der Waals surface area contributed by atoms with Crippen molar-refractivity contribution in [3.8, 4) is 0 Å². The van der Waals surface area contributed by atoms with Crippen molar-refractivity contribution in [2.45, 2.75) is 6.54 Å². The first-order valence-corrected chi connectivity index (χ1v) is 2.72. The Morgan fingerprint density at radius 2 is 2.56 bits per heavy atom. The van der Waals surface area contributed by atoms with E-state index in [-0.39, 0.29) is 6.61 Å². The summed E-state index contributed by atoms with van der Waals surface area (Å²) < 4.78 is 1.54. The molecule has 0 atom stereocenters. The van der Waals surface area contributed by atoms with Crippen molar-refractivity contribution in [1.29, 1.82) is 0 Å². The van der Waals surface area contributed by atoms with Crippen LogP contribution in [-0.2, 0) is 6.54 Å². The van der Waals surface area contributed by atoms with Crippen molar-refractivity contribution in [2.75, 3.05) is 6.61 Å². The fourth-order valence-corrected chi connectivity index (χ4v) is 0.624. The molecule has 9 heavy (non-hydrogen) atoms. The second-order valence-electron chi connectivity index (χ2n) is 1.70. The van der Waals surface area contributed by atoms with E-state index in [1.807, 2.05) is 0 Å². The summed E-state index contributed by atoms with van der Waals surface area (Å²) in [7, 11) is 5.42. The third-order valence-corrected chi connectivity index (χ3v) is 1.06. The fourth-order valence-electron chi connectivity index (χ4n) is 0.624. The first-order valence-electron chi connectivity index (χ1n) is 2.72. The molecule has 1 rings (SSSR count). The van der Waals surface area contributed by atoms with Crippen molar-refractivity contribution >= 4 is 13.4 Å². The molecule has 0 saturated heterocycles. The van der Waals surface area contributed by atoms with Crippen LogP contribution in [0, 0.1) is 0 Å². The van der Waals surface area contributed by atoms with E-state index in [4.69, 9.17) is 13.0 Å². The summed E-state index contributed by atoms with van der Waals surface area (Å²) in [6, 6.07) is 1.69. The molecule has 2 radical (unpaired) electrons. The molecule has 0 fully saturated rings. The maximum atomic E-state index is 8.45. The van der Waals surface area contributed by atoms with Crippen molar-refractivity contribution in [3.63, 3.8) is 0 Å². The van der Waals surface area contributed by atoms with Gasteiger partial charge in [-0.2, -0.15) is 5.10 Å². The number of aliphatic hydroxyl groups excluding tert-OH is 1. The molecule has 0 bridgehead atoms. The lowest BCUT2D eigenvalue weighted by atomic mass is 10.1. The zero-order valence-corrected chi connectivity index (χ0v) is 4.99. The van der Waals surface area contributed by atoms with Gasteiger partial charge in [-0.25, -0.2) is 0 Å². The zero-order valence-electron chi connectivity index (χ0n) is 4.99. The molecule has 0 spiro atoms. The molecule has 0 unspecified atom stereocenters. The minimum Gasteiger partial charge on any atom is -0.394 e. The van der Waals surface area contributed by atoms with Gasteiger partial charge in [0.1, 0.15) is 7.85 Å². The lowest BCUT2D eigenvalue weighted by Gasteiger charge is -1.98. The van der Waals surface area contributed by atoms with Gasteiger partial charge in [0.05, 0.1) is 13.2 Å². The lowest BCUT2D eigenvalue weighted by Crippen LogP contribution is -2.19. The van der Waals surface area contributed by atoms with Crippen molar-refractivity contribution in [2.24, 2.45) is 0 Å². The highest BCUT2D eigenvalue weighted by Crippen LogP contribution is 1.77. The summed E-state index contributed by atoms with van der Waals surface area (Å²) in [4.78, 5) is 0. The van der Waals surface area contributed by atoms with Crippen LogP contribution in [0.4, 0.5) is 0 Å². The van der Waals surface area contributed by atoms with Crippen LogP contribution in [0.5, 0.6) is 0 Å². The van der Waals surface area contributed by atoms with Crippen LogP contribution in [0.3, 0.4) is 0 Å². The maximum absolute atomic E-state index is 8.45. The van der Waals surface area contributed by atoms with E-state index in [9.17, 15) is 0 Å². The zero-order chi connectivity index (χ0) is 6.69. The molecule has 1 heterocycles. The Labute approximate surface area is 54.7 Å². The second-order valence-corrected chi connectivity index (χ2v) is 1.70. The Bertz CT molecular complexity index is 187. The molecule has 0 aliphatic carbocycles. The number of rotatable bonds is 2. The molecular formula is C5H7BN2O. The van der Waals surface area contributed by atoms with E-state index < -0.39 is 0 Å². The number of nitrogens with zero attached hydrogens (tertiary/aromatic N) is 2. The van der Waals surface area contributed by atoms with Gasteiger partial charge in [0, 0.05) is 6.20 Å². The average molecular weight is 122 g/mol. The van der Waals surface area contributed by atoms with E-state index in [1.54, 1.807) is 16.9 Å². The SMILES string of the molecule is [B]c1ccnn1CCO. The van der Waals surface area contributed by atoms with Crippen LogP contribution in [0.25, 0.3) is 0 Å². The standard InChI is InChI=1S/C5H7BN2O/c6-5-1-2-7-8(5)3-4-9/h1-2,9H,3-4H2. The molecule has 4 heteroatoms. The molecule has 0 aliphatic heterocycles. The lowest BCUT2D eigenvalue weighted by molar-refractivity contribution is 0.271. The van der Waals surface area contributed by atoms with Crippen LogP contribution in [0.15, 0.2) is 12.3 Å². The van der Waals surface area contributed by atoms with Crippen LogP contribution >= 0.6 is 0 Å². The molecule has 0 amide bonds. The van der Waals surface area contributed by atoms with E-state index in [2.05, 4.69) is 5.10 Å². The fraction of sp³-hybridized carbons (Fsp3) is 0.400. The summed E-state index contributed by atoms with van der Waals surface area (Å²) in [5.41, 5.74) is 0.587. The summed E-state index contributed by atoms with van der Waals surface area (Å²) >= 11 is 0. The third kappa shape index (κ3) is 1.32. The van der Waals surface area contributed by atoms with E-state index >= 15 is 0 Å². The van der Waals surface area contributed by atoms with Crippen molar-refractivity contribution in [3.05, 3.63) is 12.3 Å². The number of hydrogen-bond donors (Lipinski definition) is 1. The predicted octanol–water partition coefficient (Wildman–Crippen LogP) is -1.33. The van der Waals surface area contributed by atoms with Gasteiger partial charge >= 0.3 is 0 Å². The molecule has 1 aromatic rings. The largest absolute Gasteiger partial charge is 0.394 e. The van der Waals surface area contributed by atoms with E-state index in [0.29, 0.717) is 12.1 Å². The van der Waals surface area contributed by atoms with Crippen LogP contribution < -0.4 is 5.59 Å². The van der Waals surface area contributed by atoms with Gasteiger partial charge in [0.25, 0.3) is 0 Å². The smallest absolute Gasteiger partial charge is 0.141 e. The number of aliphatic hydroxyl groups is 1.